The standard InChI is InChI=1S/C17H14Cl2N2O3S/c18-12-6-7-15(14(19)8-12)23-9-13(22)10-25-17-21-20-16(24-17)11-4-2-1-3-5-11/h1-8,13,22H,9-10H2/t13-/m0/s1. The molecular formula is C17H14Cl2N2O3S. The summed E-state index contributed by atoms with van der Waals surface area (Å²) in [4.78, 5) is 0. The maximum absolute atomic E-state index is 10.0. The van der Waals surface area contributed by atoms with Crippen molar-refractivity contribution in [2.75, 3.05) is 12.4 Å². The van der Waals surface area contributed by atoms with E-state index in [9.17, 15) is 5.11 Å². The molecule has 1 atom stereocenters. The Morgan fingerprint density at radius 1 is 1.12 bits per heavy atom. The fourth-order valence-corrected chi connectivity index (χ4v) is 3.09. The molecule has 0 amide bonds. The molecule has 0 saturated heterocycles. The molecule has 0 fully saturated rings. The summed E-state index contributed by atoms with van der Waals surface area (Å²) in [6.45, 7) is 0.0913. The molecule has 1 aromatic heterocycles. The normalized spacial score (nSPS) is 12.1. The smallest absolute Gasteiger partial charge is 0.276 e. The van der Waals surface area contributed by atoms with Gasteiger partial charge in [0.05, 0.1) is 11.1 Å². The number of aliphatic hydroxyl groups is 1. The van der Waals surface area contributed by atoms with Crippen LogP contribution in [0, 0.1) is 0 Å². The maximum Gasteiger partial charge on any atom is 0.276 e. The van der Waals surface area contributed by atoms with Gasteiger partial charge in [0, 0.05) is 16.3 Å². The molecule has 0 radical (unpaired) electrons. The summed E-state index contributed by atoms with van der Waals surface area (Å²) in [7, 11) is 0. The number of halogens is 2. The Morgan fingerprint density at radius 2 is 1.92 bits per heavy atom. The zero-order valence-corrected chi connectivity index (χ0v) is 15.3. The minimum atomic E-state index is -0.719. The lowest BCUT2D eigenvalue weighted by Gasteiger charge is -2.12. The second kappa shape index (κ2) is 8.58. The Kier molecular flexibility index (Phi) is 6.20. The number of hydrogen-bond donors (Lipinski definition) is 1. The van der Waals surface area contributed by atoms with E-state index in [0.717, 1.165) is 5.56 Å². The molecule has 0 aliphatic rings. The van der Waals surface area contributed by atoms with Gasteiger partial charge in [0.1, 0.15) is 12.4 Å². The number of nitrogens with zero attached hydrogens (tertiary/aromatic N) is 2. The maximum atomic E-state index is 10.0. The Morgan fingerprint density at radius 3 is 2.68 bits per heavy atom. The molecule has 0 aliphatic carbocycles. The largest absolute Gasteiger partial charge is 0.489 e. The van der Waals surface area contributed by atoms with Crippen molar-refractivity contribution in [3.05, 3.63) is 58.6 Å². The number of aliphatic hydroxyl groups excluding tert-OH is 1. The first-order chi connectivity index (χ1) is 12.1. The van der Waals surface area contributed by atoms with Crippen LogP contribution in [0.4, 0.5) is 0 Å². The van der Waals surface area contributed by atoms with Gasteiger partial charge >= 0.3 is 0 Å². The zero-order chi connectivity index (χ0) is 17.6. The van der Waals surface area contributed by atoms with Gasteiger partial charge < -0.3 is 14.3 Å². The van der Waals surface area contributed by atoms with Gasteiger partial charge in [-0.05, 0) is 30.3 Å². The van der Waals surface area contributed by atoms with Gasteiger partial charge in [-0.25, -0.2) is 0 Å². The lowest BCUT2D eigenvalue weighted by molar-refractivity contribution is 0.126. The van der Waals surface area contributed by atoms with Gasteiger partial charge in [-0.15, -0.1) is 10.2 Å². The summed E-state index contributed by atoms with van der Waals surface area (Å²) in [6.07, 6.45) is -0.719. The van der Waals surface area contributed by atoms with Crippen molar-refractivity contribution < 1.29 is 14.3 Å². The summed E-state index contributed by atoms with van der Waals surface area (Å²) >= 11 is 13.1. The van der Waals surface area contributed by atoms with Gasteiger partial charge in [-0.1, -0.05) is 53.2 Å². The molecule has 1 N–H and O–H groups in total. The third-order valence-corrected chi connectivity index (χ3v) is 4.65. The van der Waals surface area contributed by atoms with E-state index in [1.807, 2.05) is 30.3 Å². The molecule has 0 saturated carbocycles. The van der Waals surface area contributed by atoms with Gasteiger partial charge in [0.25, 0.3) is 5.22 Å². The van der Waals surface area contributed by atoms with Crippen molar-refractivity contribution in [2.24, 2.45) is 0 Å². The molecule has 3 rings (SSSR count). The first-order valence-electron chi connectivity index (χ1n) is 7.39. The van der Waals surface area contributed by atoms with E-state index in [2.05, 4.69) is 10.2 Å². The fraction of sp³-hybridized carbons (Fsp3) is 0.176. The van der Waals surface area contributed by atoms with Crippen LogP contribution >= 0.6 is 35.0 Å². The molecule has 5 nitrogen and oxygen atoms in total. The van der Waals surface area contributed by atoms with E-state index in [1.54, 1.807) is 18.2 Å². The predicted molar refractivity (Wildman–Crippen MR) is 98.4 cm³/mol. The molecule has 3 aromatic rings. The van der Waals surface area contributed by atoms with E-state index < -0.39 is 6.10 Å². The van der Waals surface area contributed by atoms with E-state index in [1.165, 1.54) is 11.8 Å². The lowest BCUT2D eigenvalue weighted by atomic mass is 10.2. The molecule has 1 heterocycles. The Bertz CT molecular complexity index is 830. The summed E-state index contributed by atoms with van der Waals surface area (Å²) in [5.74, 6) is 1.27. The number of rotatable bonds is 7. The molecule has 25 heavy (non-hydrogen) atoms. The molecule has 0 spiro atoms. The van der Waals surface area contributed by atoms with E-state index in [4.69, 9.17) is 32.4 Å². The van der Waals surface area contributed by atoms with Gasteiger partial charge in [-0.2, -0.15) is 0 Å². The highest BCUT2D eigenvalue weighted by Crippen LogP contribution is 2.28. The van der Waals surface area contributed by atoms with Crippen molar-refractivity contribution in [2.45, 2.75) is 11.3 Å². The third-order valence-electron chi connectivity index (χ3n) is 3.15. The van der Waals surface area contributed by atoms with Crippen molar-refractivity contribution in [3.8, 4) is 17.2 Å². The van der Waals surface area contributed by atoms with Gasteiger partial charge in [0.2, 0.25) is 5.89 Å². The average molecular weight is 397 g/mol. The molecule has 0 bridgehead atoms. The third kappa shape index (κ3) is 5.12. The van der Waals surface area contributed by atoms with Gasteiger partial charge in [0.15, 0.2) is 0 Å². The lowest BCUT2D eigenvalue weighted by Crippen LogP contribution is -2.20. The average Bonchev–Trinajstić information content (AvgIpc) is 3.09. The molecule has 0 aliphatic heterocycles. The van der Waals surface area contributed by atoms with Crippen LogP contribution in [-0.2, 0) is 0 Å². The monoisotopic (exact) mass is 396 g/mol. The predicted octanol–water partition coefficient (Wildman–Crippen LogP) is 4.58. The quantitative estimate of drug-likeness (QED) is 0.589. The SMILES string of the molecule is O[C@@H](COc1ccc(Cl)cc1Cl)CSc1nnc(-c2ccccc2)o1. The van der Waals surface area contributed by atoms with E-state index in [0.29, 0.717) is 32.7 Å². The molecule has 2 aromatic carbocycles. The van der Waals surface area contributed by atoms with Crippen LogP contribution in [0.15, 0.2) is 58.2 Å². The van der Waals surface area contributed by atoms with Crippen molar-refractivity contribution in [1.82, 2.24) is 10.2 Å². The first kappa shape index (κ1) is 18.1. The summed E-state index contributed by atoms with van der Waals surface area (Å²) in [6, 6.07) is 14.4. The number of aromatic nitrogens is 2. The first-order valence-corrected chi connectivity index (χ1v) is 9.13. The van der Waals surface area contributed by atoms with Crippen LogP contribution in [0.5, 0.6) is 5.75 Å². The van der Waals surface area contributed by atoms with Gasteiger partial charge in [-0.3, -0.25) is 0 Å². The van der Waals surface area contributed by atoms with Crippen LogP contribution < -0.4 is 4.74 Å². The zero-order valence-electron chi connectivity index (χ0n) is 12.9. The number of thioether (sulfide) groups is 1. The second-order valence-corrected chi connectivity index (χ2v) is 6.90. The number of benzene rings is 2. The highest BCUT2D eigenvalue weighted by atomic mass is 35.5. The summed E-state index contributed by atoms with van der Waals surface area (Å²) < 4.78 is 11.1. The van der Waals surface area contributed by atoms with E-state index >= 15 is 0 Å². The molecule has 0 unspecified atom stereocenters. The van der Waals surface area contributed by atoms with Crippen molar-refractivity contribution in [3.63, 3.8) is 0 Å². The second-order valence-electron chi connectivity index (χ2n) is 5.09. The van der Waals surface area contributed by atoms with Crippen LogP contribution in [0.2, 0.25) is 10.0 Å². The highest BCUT2D eigenvalue weighted by molar-refractivity contribution is 7.99. The Balaban J connectivity index is 1.49. The molecular weight excluding hydrogens is 383 g/mol. The minimum absolute atomic E-state index is 0.0913. The van der Waals surface area contributed by atoms with E-state index in [-0.39, 0.29) is 6.61 Å². The van der Waals surface area contributed by atoms with Crippen LogP contribution in [-0.4, -0.2) is 33.8 Å². The summed E-state index contributed by atoms with van der Waals surface area (Å²) in [5, 5.41) is 19.3. The fourth-order valence-electron chi connectivity index (χ4n) is 1.96. The number of ether oxygens (including phenoxy) is 1. The summed E-state index contributed by atoms with van der Waals surface area (Å²) in [5.41, 5.74) is 0.850. The van der Waals surface area contributed by atoms with Crippen LogP contribution in [0.1, 0.15) is 0 Å². The Labute approximate surface area is 158 Å². The molecule has 130 valence electrons. The van der Waals surface area contributed by atoms with Crippen LogP contribution in [0.25, 0.3) is 11.5 Å². The highest BCUT2D eigenvalue weighted by Gasteiger charge is 2.13. The number of hydrogen-bond acceptors (Lipinski definition) is 6. The molecule has 8 heteroatoms. The van der Waals surface area contributed by atoms with Crippen LogP contribution in [0.3, 0.4) is 0 Å². The van der Waals surface area contributed by atoms with Crippen molar-refractivity contribution >= 4 is 35.0 Å². The topological polar surface area (TPSA) is 68.4 Å². The Hall–Kier alpha value is -1.73. The minimum Gasteiger partial charge on any atom is -0.489 e. The van der Waals surface area contributed by atoms with Crippen molar-refractivity contribution in [1.29, 1.82) is 0 Å².